The zero-order valence-corrected chi connectivity index (χ0v) is 10.6. The smallest absolute Gasteiger partial charge is 0.307 e. The van der Waals surface area contributed by atoms with Gasteiger partial charge in [0.15, 0.2) is 0 Å². The SMILES string of the molecule is Cn1nncc1C1CC(C)(C)CCC1C(=O)O. The minimum absolute atomic E-state index is 0.0243. The minimum Gasteiger partial charge on any atom is -0.481 e. The standard InChI is InChI=1S/C12H19N3O2/c1-12(2)5-4-8(11(16)17)9(6-12)10-7-13-14-15(10)3/h7-9H,4-6H2,1-3H3,(H,16,17). The summed E-state index contributed by atoms with van der Waals surface area (Å²) in [5, 5.41) is 17.1. The van der Waals surface area contributed by atoms with Crippen LogP contribution < -0.4 is 0 Å². The van der Waals surface area contributed by atoms with Gasteiger partial charge in [0.2, 0.25) is 0 Å². The average molecular weight is 237 g/mol. The molecule has 2 atom stereocenters. The predicted octanol–water partition coefficient (Wildman–Crippen LogP) is 1.81. The van der Waals surface area contributed by atoms with E-state index in [2.05, 4.69) is 24.2 Å². The van der Waals surface area contributed by atoms with Gasteiger partial charge in [-0.25, -0.2) is 0 Å². The molecule has 1 fully saturated rings. The van der Waals surface area contributed by atoms with E-state index in [9.17, 15) is 9.90 Å². The van der Waals surface area contributed by atoms with Gasteiger partial charge in [-0.1, -0.05) is 19.1 Å². The number of hydrogen-bond donors (Lipinski definition) is 1. The lowest BCUT2D eigenvalue weighted by Gasteiger charge is -2.38. The highest BCUT2D eigenvalue weighted by Gasteiger charge is 2.40. The monoisotopic (exact) mass is 237 g/mol. The molecule has 17 heavy (non-hydrogen) atoms. The van der Waals surface area contributed by atoms with Crippen LogP contribution in [0.1, 0.15) is 44.7 Å². The van der Waals surface area contributed by atoms with Gasteiger partial charge < -0.3 is 5.11 Å². The van der Waals surface area contributed by atoms with Gasteiger partial charge in [-0.05, 0) is 24.7 Å². The average Bonchev–Trinajstić information content (AvgIpc) is 2.62. The van der Waals surface area contributed by atoms with Crippen LogP contribution in [0.4, 0.5) is 0 Å². The molecule has 0 aromatic carbocycles. The van der Waals surface area contributed by atoms with Crippen molar-refractivity contribution in [3.63, 3.8) is 0 Å². The fraction of sp³-hybridized carbons (Fsp3) is 0.750. The molecule has 1 aliphatic rings. The van der Waals surface area contributed by atoms with Crippen molar-refractivity contribution >= 4 is 5.97 Å². The van der Waals surface area contributed by atoms with Gasteiger partial charge in [0.1, 0.15) is 0 Å². The summed E-state index contributed by atoms with van der Waals surface area (Å²) in [5.41, 5.74) is 1.13. The van der Waals surface area contributed by atoms with Gasteiger partial charge in [-0.15, -0.1) is 5.10 Å². The molecule has 94 valence electrons. The number of carbonyl (C=O) groups is 1. The molecule has 0 spiro atoms. The van der Waals surface area contributed by atoms with Crippen LogP contribution in [0, 0.1) is 11.3 Å². The first-order chi connectivity index (χ1) is 7.91. The lowest BCUT2D eigenvalue weighted by Crippen LogP contribution is -2.33. The summed E-state index contributed by atoms with van der Waals surface area (Å²) in [6.07, 6.45) is 4.27. The van der Waals surface area contributed by atoms with Crippen LogP contribution in [0.2, 0.25) is 0 Å². The van der Waals surface area contributed by atoms with Crippen molar-refractivity contribution in [3.05, 3.63) is 11.9 Å². The number of rotatable bonds is 2. The number of carboxylic acids is 1. The van der Waals surface area contributed by atoms with Crippen molar-refractivity contribution in [3.8, 4) is 0 Å². The summed E-state index contributed by atoms with van der Waals surface area (Å²) < 4.78 is 1.70. The van der Waals surface area contributed by atoms with E-state index in [1.54, 1.807) is 10.9 Å². The number of aliphatic carboxylic acids is 1. The summed E-state index contributed by atoms with van der Waals surface area (Å²) >= 11 is 0. The largest absolute Gasteiger partial charge is 0.481 e. The summed E-state index contributed by atoms with van der Waals surface area (Å²) in [4.78, 5) is 11.3. The van der Waals surface area contributed by atoms with Crippen LogP contribution in [0.25, 0.3) is 0 Å². The number of aromatic nitrogens is 3. The Labute approximate surface area is 101 Å². The number of nitrogens with zero attached hydrogens (tertiary/aromatic N) is 3. The number of hydrogen-bond acceptors (Lipinski definition) is 3. The highest BCUT2D eigenvalue weighted by atomic mass is 16.4. The molecule has 0 bridgehead atoms. The lowest BCUT2D eigenvalue weighted by molar-refractivity contribution is -0.144. The molecular weight excluding hydrogens is 218 g/mol. The Bertz CT molecular complexity index is 425. The number of carboxylic acid groups (broad SMARTS) is 1. The third kappa shape index (κ3) is 2.33. The van der Waals surface area contributed by atoms with Gasteiger partial charge in [0.25, 0.3) is 0 Å². The topological polar surface area (TPSA) is 68.0 Å². The second-order valence-corrected chi connectivity index (χ2v) is 5.74. The first kappa shape index (κ1) is 12.1. The van der Waals surface area contributed by atoms with E-state index in [4.69, 9.17) is 0 Å². The summed E-state index contributed by atoms with van der Waals surface area (Å²) in [6.45, 7) is 4.39. The quantitative estimate of drug-likeness (QED) is 0.851. The van der Waals surface area contributed by atoms with Gasteiger partial charge in [0.05, 0.1) is 17.8 Å². The van der Waals surface area contributed by atoms with Crippen molar-refractivity contribution in [1.29, 1.82) is 0 Å². The molecule has 5 heteroatoms. The molecule has 0 saturated heterocycles. The maximum Gasteiger partial charge on any atom is 0.307 e. The van der Waals surface area contributed by atoms with E-state index in [1.165, 1.54) is 0 Å². The summed E-state index contributed by atoms with van der Waals surface area (Å²) in [6, 6.07) is 0. The van der Waals surface area contributed by atoms with E-state index in [0.717, 1.165) is 25.0 Å². The first-order valence-electron chi connectivity index (χ1n) is 5.98. The van der Waals surface area contributed by atoms with Crippen molar-refractivity contribution in [2.24, 2.45) is 18.4 Å². The van der Waals surface area contributed by atoms with Crippen LogP contribution >= 0.6 is 0 Å². The van der Waals surface area contributed by atoms with Gasteiger partial charge >= 0.3 is 5.97 Å². The molecule has 0 amide bonds. The summed E-state index contributed by atoms with van der Waals surface area (Å²) in [5.74, 6) is -0.983. The Kier molecular flexibility index (Phi) is 2.93. The van der Waals surface area contributed by atoms with Crippen molar-refractivity contribution in [2.75, 3.05) is 0 Å². The molecule has 1 aromatic heterocycles. The molecule has 0 radical (unpaired) electrons. The Morgan fingerprint density at radius 3 is 2.82 bits per heavy atom. The van der Waals surface area contributed by atoms with E-state index in [-0.39, 0.29) is 17.3 Å². The Morgan fingerprint density at radius 2 is 2.29 bits per heavy atom. The molecule has 0 aliphatic heterocycles. The third-order valence-electron chi connectivity index (χ3n) is 3.84. The zero-order valence-electron chi connectivity index (χ0n) is 10.6. The highest BCUT2D eigenvalue weighted by molar-refractivity contribution is 5.71. The van der Waals surface area contributed by atoms with Gasteiger partial charge in [0, 0.05) is 13.0 Å². The maximum atomic E-state index is 11.3. The van der Waals surface area contributed by atoms with Crippen LogP contribution in [-0.4, -0.2) is 26.1 Å². The highest BCUT2D eigenvalue weighted by Crippen LogP contribution is 2.46. The first-order valence-corrected chi connectivity index (χ1v) is 5.98. The Hall–Kier alpha value is -1.39. The second-order valence-electron chi connectivity index (χ2n) is 5.74. The molecule has 1 heterocycles. The maximum absolute atomic E-state index is 11.3. The molecular formula is C12H19N3O2. The van der Waals surface area contributed by atoms with Gasteiger partial charge in [-0.2, -0.15) is 0 Å². The molecule has 2 unspecified atom stereocenters. The Morgan fingerprint density at radius 1 is 1.59 bits per heavy atom. The van der Waals surface area contributed by atoms with Crippen LogP contribution in [0.15, 0.2) is 6.20 Å². The van der Waals surface area contributed by atoms with E-state index in [1.807, 2.05) is 7.05 Å². The summed E-state index contributed by atoms with van der Waals surface area (Å²) in [7, 11) is 1.82. The molecule has 1 aliphatic carbocycles. The minimum atomic E-state index is -0.702. The zero-order chi connectivity index (χ0) is 12.6. The van der Waals surface area contributed by atoms with Gasteiger partial charge in [-0.3, -0.25) is 9.48 Å². The third-order valence-corrected chi connectivity index (χ3v) is 3.84. The number of aryl methyl sites for hydroxylation is 1. The molecule has 1 aromatic rings. The fourth-order valence-electron chi connectivity index (χ4n) is 2.83. The fourth-order valence-corrected chi connectivity index (χ4v) is 2.83. The predicted molar refractivity (Wildman–Crippen MR) is 62.5 cm³/mol. The second kappa shape index (κ2) is 4.13. The molecule has 2 rings (SSSR count). The van der Waals surface area contributed by atoms with Crippen molar-refractivity contribution in [2.45, 2.75) is 39.0 Å². The normalized spacial score (nSPS) is 27.9. The lowest BCUT2D eigenvalue weighted by atomic mass is 9.66. The van der Waals surface area contributed by atoms with Crippen molar-refractivity contribution < 1.29 is 9.90 Å². The Balaban J connectivity index is 2.32. The van der Waals surface area contributed by atoms with E-state index >= 15 is 0 Å². The van der Waals surface area contributed by atoms with Crippen molar-refractivity contribution in [1.82, 2.24) is 15.0 Å². The van der Waals surface area contributed by atoms with E-state index in [0.29, 0.717) is 0 Å². The molecule has 5 nitrogen and oxygen atoms in total. The molecule has 1 N–H and O–H groups in total. The van der Waals surface area contributed by atoms with E-state index < -0.39 is 5.97 Å². The van der Waals surface area contributed by atoms with Crippen LogP contribution in [0.3, 0.4) is 0 Å². The molecule has 1 saturated carbocycles. The van der Waals surface area contributed by atoms with Crippen LogP contribution in [-0.2, 0) is 11.8 Å². The van der Waals surface area contributed by atoms with Crippen LogP contribution in [0.5, 0.6) is 0 Å².